The topological polar surface area (TPSA) is 130 Å². The minimum atomic E-state index is -0.275. The van der Waals surface area contributed by atoms with Gasteiger partial charge in [0, 0.05) is 43.1 Å². The van der Waals surface area contributed by atoms with E-state index in [4.69, 9.17) is 10.5 Å². The molecular weight excluding hydrogens is 480 g/mol. The summed E-state index contributed by atoms with van der Waals surface area (Å²) in [6.07, 6.45) is 12.1. The number of benzene rings is 1. The second-order valence-corrected chi connectivity index (χ2v) is 8.70. The van der Waals surface area contributed by atoms with Gasteiger partial charge in [0.15, 0.2) is 5.75 Å². The van der Waals surface area contributed by atoms with E-state index in [9.17, 15) is 9.59 Å². The monoisotopic (exact) mass is 520 g/mol. The molecule has 1 aliphatic carbocycles. The first-order chi connectivity index (χ1) is 18.3. The number of hydrogen-bond acceptors (Lipinski definition) is 7. The number of para-hydroxylation sites is 1. The lowest BCUT2D eigenvalue weighted by Crippen LogP contribution is -2.32. The molecule has 204 valence electrons. The Morgan fingerprint density at radius 1 is 1.21 bits per heavy atom. The first-order valence-electron chi connectivity index (χ1n) is 12.8. The van der Waals surface area contributed by atoms with Crippen molar-refractivity contribution in [2.24, 2.45) is 21.6 Å². The second kappa shape index (κ2) is 15.2. The third-order valence-electron chi connectivity index (χ3n) is 5.72. The Kier molecular flexibility index (Phi) is 12.0. The summed E-state index contributed by atoms with van der Waals surface area (Å²) >= 11 is 0. The van der Waals surface area contributed by atoms with Crippen molar-refractivity contribution in [2.75, 3.05) is 26.5 Å². The van der Waals surface area contributed by atoms with Gasteiger partial charge in [0.2, 0.25) is 5.91 Å². The summed E-state index contributed by atoms with van der Waals surface area (Å²) < 4.78 is 5.78. The largest absolute Gasteiger partial charge is 0.494 e. The number of nitrogens with one attached hydrogen (secondary N) is 3. The van der Waals surface area contributed by atoms with Crippen LogP contribution >= 0.6 is 0 Å². The predicted octanol–water partition coefficient (Wildman–Crippen LogP) is 4.20. The molecule has 9 nitrogen and oxygen atoms in total. The quantitative estimate of drug-likeness (QED) is 0.142. The number of carbonyl (C=O) groups is 2. The lowest BCUT2D eigenvalue weighted by molar-refractivity contribution is -0.120. The standard InChI is InChI=1S/C29H40N6O3/c1-7-9-12-21(30)18-33-19(3)22-13-10-14-24(27(22)38-6)34-25(23(11-8-2)29(37)32-5)17-26(31-4)35-28(36)20-15-16-20/h9-14,17-18,20,34H,7-8,15-16,30H2,1-6H3,(H,32,37)(H,31,35,36)/b12-9+,21-18+,23-11-,25-17+,33-19?. The van der Waals surface area contributed by atoms with E-state index in [1.807, 2.05) is 57.2 Å². The lowest BCUT2D eigenvalue weighted by Gasteiger charge is -2.19. The molecule has 1 aliphatic rings. The van der Waals surface area contributed by atoms with E-state index in [-0.39, 0.29) is 17.7 Å². The second-order valence-electron chi connectivity index (χ2n) is 8.70. The molecule has 0 unspecified atom stereocenters. The Balaban J connectivity index is 2.54. The van der Waals surface area contributed by atoms with Crippen LogP contribution in [0.1, 0.15) is 52.0 Å². The number of amidine groups is 1. The average Bonchev–Trinajstić information content (AvgIpc) is 3.77. The summed E-state index contributed by atoms with van der Waals surface area (Å²) in [5.74, 6) is 0.558. The molecule has 1 saturated carbocycles. The van der Waals surface area contributed by atoms with Crippen LogP contribution in [0.15, 0.2) is 75.7 Å². The van der Waals surface area contributed by atoms with Crippen molar-refractivity contribution in [3.63, 3.8) is 0 Å². The van der Waals surface area contributed by atoms with Gasteiger partial charge in [-0.25, -0.2) is 0 Å². The number of rotatable bonds is 12. The fraction of sp³-hybridized carbons (Fsp3) is 0.379. The summed E-state index contributed by atoms with van der Waals surface area (Å²) in [6.45, 7) is 5.85. The molecule has 1 aromatic carbocycles. The van der Waals surface area contributed by atoms with Gasteiger partial charge in [0.05, 0.1) is 30.3 Å². The van der Waals surface area contributed by atoms with Crippen LogP contribution < -0.4 is 26.4 Å². The van der Waals surface area contributed by atoms with E-state index in [0.29, 0.717) is 46.4 Å². The molecule has 0 saturated heterocycles. The van der Waals surface area contributed by atoms with E-state index < -0.39 is 0 Å². The molecule has 1 fully saturated rings. The number of amides is 2. The maximum absolute atomic E-state index is 12.8. The van der Waals surface area contributed by atoms with Crippen molar-refractivity contribution >= 4 is 29.0 Å². The predicted molar refractivity (Wildman–Crippen MR) is 155 cm³/mol. The van der Waals surface area contributed by atoms with E-state index >= 15 is 0 Å². The van der Waals surface area contributed by atoms with Crippen LogP contribution in [0, 0.1) is 5.92 Å². The SMILES string of the molecule is CC/C=C(C(=O)NC)/C(=C\C(=NC)NC(=O)C1CC1)Nc1cccc(C(C)=N/C=C(N)\C=C\CC)c1OC. The highest BCUT2D eigenvalue weighted by molar-refractivity contribution is 6.08. The molecule has 0 bridgehead atoms. The number of nitrogens with zero attached hydrogens (tertiary/aromatic N) is 2. The van der Waals surface area contributed by atoms with Crippen LogP contribution in [-0.4, -0.2) is 44.6 Å². The van der Waals surface area contributed by atoms with Crippen LogP contribution in [0.2, 0.25) is 0 Å². The number of methoxy groups -OCH3 is 1. The van der Waals surface area contributed by atoms with Gasteiger partial charge >= 0.3 is 0 Å². The highest BCUT2D eigenvalue weighted by Gasteiger charge is 2.30. The first-order valence-corrected chi connectivity index (χ1v) is 12.8. The van der Waals surface area contributed by atoms with Crippen LogP contribution in [0.5, 0.6) is 5.75 Å². The molecule has 2 rings (SSSR count). The van der Waals surface area contributed by atoms with Gasteiger partial charge < -0.3 is 26.4 Å². The van der Waals surface area contributed by atoms with Crippen molar-refractivity contribution in [3.05, 3.63) is 71.2 Å². The minimum absolute atomic E-state index is 0.0146. The van der Waals surface area contributed by atoms with Crippen LogP contribution in [-0.2, 0) is 9.59 Å². The molecular formula is C29H40N6O3. The van der Waals surface area contributed by atoms with Gasteiger partial charge in [-0.3, -0.25) is 19.6 Å². The normalized spacial score (nSPS) is 15.5. The Hall–Kier alpha value is -4.14. The lowest BCUT2D eigenvalue weighted by atomic mass is 10.1. The fourth-order valence-electron chi connectivity index (χ4n) is 3.54. The maximum Gasteiger partial charge on any atom is 0.252 e. The minimum Gasteiger partial charge on any atom is -0.494 e. The zero-order valence-electron chi connectivity index (χ0n) is 23.2. The smallest absolute Gasteiger partial charge is 0.252 e. The van der Waals surface area contributed by atoms with Gasteiger partial charge in [-0.1, -0.05) is 32.1 Å². The summed E-state index contributed by atoms with van der Waals surface area (Å²) in [6, 6.07) is 5.61. The Morgan fingerprint density at radius 3 is 2.53 bits per heavy atom. The van der Waals surface area contributed by atoms with Crippen molar-refractivity contribution in [2.45, 2.75) is 46.5 Å². The van der Waals surface area contributed by atoms with Crippen LogP contribution in [0.3, 0.4) is 0 Å². The molecule has 0 aromatic heterocycles. The zero-order chi connectivity index (χ0) is 28.1. The third kappa shape index (κ3) is 8.76. The Morgan fingerprint density at radius 2 is 1.95 bits per heavy atom. The number of nitrogens with two attached hydrogens (primary N) is 1. The number of likely N-dealkylation sites (N-methyl/N-ethyl adjacent to an activating group) is 1. The number of aliphatic imine (C=N–C) groups is 2. The number of allylic oxidation sites excluding steroid dienone is 3. The van der Waals surface area contributed by atoms with Crippen LogP contribution in [0.4, 0.5) is 5.69 Å². The Labute approximate surface area is 225 Å². The zero-order valence-corrected chi connectivity index (χ0v) is 23.2. The average molecular weight is 521 g/mol. The number of ether oxygens (including phenoxy) is 1. The number of anilines is 1. The third-order valence-corrected chi connectivity index (χ3v) is 5.72. The molecule has 2 amide bonds. The van der Waals surface area contributed by atoms with E-state index in [1.165, 1.54) is 0 Å². The molecule has 0 spiro atoms. The number of hydrogen-bond donors (Lipinski definition) is 4. The van der Waals surface area contributed by atoms with Gasteiger partial charge in [-0.05, 0) is 50.8 Å². The fourth-order valence-corrected chi connectivity index (χ4v) is 3.54. The van der Waals surface area contributed by atoms with Crippen LogP contribution in [0.25, 0.3) is 0 Å². The van der Waals surface area contributed by atoms with Gasteiger partial charge in [-0.2, -0.15) is 0 Å². The summed E-state index contributed by atoms with van der Waals surface area (Å²) in [5.41, 5.74) is 9.49. The van der Waals surface area contributed by atoms with Crippen molar-refractivity contribution in [1.29, 1.82) is 0 Å². The molecule has 0 aliphatic heterocycles. The Bertz CT molecular complexity index is 1190. The van der Waals surface area contributed by atoms with Crippen molar-refractivity contribution in [1.82, 2.24) is 10.6 Å². The highest BCUT2D eigenvalue weighted by atomic mass is 16.5. The van der Waals surface area contributed by atoms with Gasteiger partial charge in [0.25, 0.3) is 5.91 Å². The van der Waals surface area contributed by atoms with E-state index in [1.54, 1.807) is 33.5 Å². The van der Waals surface area contributed by atoms with E-state index in [2.05, 4.69) is 25.9 Å². The molecule has 0 heterocycles. The van der Waals surface area contributed by atoms with Crippen molar-refractivity contribution in [3.8, 4) is 5.75 Å². The summed E-state index contributed by atoms with van der Waals surface area (Å²) in [4.78, 5) is 34.0. The van der Waals surface area contributed by atoms with Crippen molar-refractivity contribution < 1.29 is 14.3 Å². The molecule has 9 heteroatoms. The summed E-state index contributed by atoms with van der Waals surface area (Å²) in [5, 5.41) is 8.89. The van der Waals surface area contributed by atoms with E-state index in [0.717, 1.165) is 24.8 Å². The molecule has 0 radical (unpaired) electrons. The molecule has 38 heavy (non-hydrogen) atoms. The molecule has 1 aromatic rings. The maximum atomic E-state index is 12.8. The number of carbonyl (C=O) groups excluding carboxylic acids is 2. The van der Waals surface area contributed by atoms with Gasteiger partial charge in [0.1, 0.15) is 5.84 Å². The van der Waals surface area contributed by atoms with Gasteiger partial charge in [-0.15, -0.1) is 0 Å². The first kappa shape index (κ1) is 30.1. The highest BCUT2D eigenvalue weighted by Crippen LogP contribution is 2.32. The molecule has 0 atom stereocenters. The molecule has 5 N–H and O–H groups in total. The summed E-state index contributed by atoms with van der Waals surface area (Å²) in [7, 11) is 4.74.